The highest BCUT2D eigenvalue weighted by molar-refractivity contribution is 7.99. The van der Waals surface area contributed by atoms with Crippen LogP contribution in [0.3, 0.4) is 0 Å². The van der Waals surface area contributed by atoms with Crippen molar-refractivity contribution in [1.82, 2.24) is 20.2 Å². The summed E-state index contributed by atoms with van der Waals surface area (Å²) in [7, 11) is 3.98. The Hall–Kier alpha value is -3.91. The Labute approximate surface area is 203 Å². The van der Waals surface area contributed by atoms with E-state index in [1.165, 1.54) is 17.3 Å². The second kappa shape index (κ2) is 10.8. The van der Waals surface area contributed by atoms with Gasteiger partial charge in [0.2, 0.25) is 0 Å². The van der Waals surface area contributed by atoms with Crippen LogP contribution in [0.1, 0.15) is 11.1 Å². The molecule has 0 spiro atoms. The third kappa shape index (κ3) is 5.71. The van der Waals surface area contributed by atoms with Gasteiger partial charge in [-0.25, -0.2) is 5.43 Å². The van der Waals surface area contributed by atoms with E-state index < -0.39 is 0 Å². The minimum atomic E-state index is -0.217. The van der Waals surface area contributed by atoms with Crippen molar-refractivity contribution in [2.45, 2.75) is 12.1 Å². The van der Waals surface area contributed by atoms with Gasteiger partial charge in [-0.1, -0.05) is 71.9 Å². The van der Waals surface area contributed by atoms with Crippen molar-refractivity contribution < 1.29 is 4.79 Å². The third-order valence-corrected chi connectivity index (χ3v) is 6.03. The van der Waals surface area contributed by atoms with E-state index in [-0.39, 0.29) is 11.7 Å². The van der Waals surface area contributed by atoms with Crippen LogP contribution in [0, 0.1) is 6.92 Å². The molecule has 0 aliphatic carbocycles. The van der Waals surface area contributed by atoms with Crippen molar-refractivity contribution in [3.8, 4) is 17.1 Å². The lowest BCUT2D eigenvalue weighted by molar-refractivity contribution is -0.118. The second-order valence-corrected chi connectivity index (χ2v) is 8.85. The number of aromatic nitrogens is 3. The lowest BCUT2D eigenvalue weighted by Gasteiger charge is -2.11. The number of carbonyl (C=O) groups excluding carboxylic acids is 1. The normalized spacial score (nSPS) is 11.0. The lowest BCUT2D eigenvalue weighted by atomic mass is 10.2. The van der Waals surface area contributed by atoms with Crippen LogP contribution in [0.25, 0.3) is 17.1 Å². The van der Waals surface area contributed by atoms with E-state index in [0.717, 1.165) is 28.3 Å². The summed E-state index contributed by atoms with van der Waals surface area (Å²) in [5.41, 5.74) is 7.66. The Morgan fingerprint density at radius 3 is 2.38 bits per heavy atom. The molecule has 0 radical (unpaired) electrons. The molecular weight excluding hydrogens is 444 g/mol. The lowest BCUT2D eigenvalue weighted by Crippen LogP contribution is -2.20. The number of amides is 1. The second-order valence-electron chi connectivity index (χ2n) is 7.91. The van der Waals surface area contributed by atoms with Gasteiger partial charge in [0, 0.05) is 31.0 Å². The minimum Gasteiger partial charge on any atom is -0.378 e. The summed E-state index contributed by atoms with van der Waals surface area (Å²) in [6.45, 7) is 2.05. The molecule has 1 heterocycles. The van der Waals surface area contributed by atoms with Gasteiger partial charge >= 0.3 is 0 Å². The number of carbonyl (C=O) groups is 1. The van der Waals surface area contributed by atoms with Crippen LogP contribution in [0.2, 0.25) is 0 Å². The van der Waals surface area contributed by atoms with Crippen molar-refractivity contribution in [3.63, 3.8) is 0 Å². The first-order chi connectivity index (χ1) is 16.5. The van der Waals surface area contributed by atoms with Crippen molar-refractivity contribution in [2.24, 2.45) is 5.10 Å². The molecule has 0 saturated carbocycles. The van der Waals surface area contributed by atoms with Gasteiger partial charge in [-0.3, -0.25) is 9.36 Å². The number of thioether (sulfide) groups is 1. The Kier molecular flexibility index (Phi) is 7.39. The molecule has 8 heteroatoms. The molecule has 0 unspecified atom stereocenters. The molecule has 172 valence electrons. The average Bonchev–Trinajstić information content (AvgIpc) is 3.28. The summed E-state index contributed by atoms with van der Waals surface area (Å²) in [5, 5.41) is 13.5. The first-order valence-electron chi connectivity index (χ1n) is 10.8. The molecule has 0 saturated heterocycles. The number of nitrogens with zero attached hydrogens (tertiary/aromatic N) is 5. The Bertz CT molecular complexity index is 1270. The molecule has 34 heavy (non-hydrogen) atoms. The predicted molar refractivity (Wildman–Crippen MR) is 139 cm³/mol. The quantitative estimate of drug-likeness (QED) is 0.232. The Morgan fingerprint density at radius 1 is 1.00 bits per heavy atom. The van der Waals surface area contributed by atoms with Crippen molar-refractivity contribution in [2.75, 3.05) is 24.7 Å². The molecule has 1 aromatic heterocycles. The molecule has 0 aliphatic heterocycles. The van der Waals surface area contributed by atoms with Crippen molar-refractivity contribution in [3.05, 3.63) is 90.0 Å². The number of nitrogens with one attached hydrogen (secondary N) is 1. The van der Waals surface area contributed by atoms with E-state index in [1.807, 2.05) is 109 Å². The van der Waals surface area contributed by atoms with Gasteiger partial charge in [-0.05, 0) is 36.8 Å². The average molecular weight is 471 g/mol. The standard InChI is InChI=1S/C26H26N6OS/c1-19-9-13-23(14-10-19)32-25(21-7-5-4-6-8-21)29-30-26(32)34-18-24(33)28-27-17-20-11-15-22(16-12-20)31(2)3/h4-17H,18H2,1-3H3,(H,28,33). The van der Waals surface area contributed by atoms with Gasteiger partial charge in [0.05, 0.1) is 12.0 Å². The molecule has 4 rings (SSSR count). The number of aryl methyl sites for hydroxylation is 1. The Balaban J connectivity index is 1.45. The highest BCUT2D eigenvalue weighted by Crippen LogP contribution is 2.28. The van der Waals surface area contributed by atoms with Crippen LogP contribution < -0.4 is 10.3 Å². The molecule has 0 bridgehead atoms. The zero-order chi connectivity index (χ0) is 23.9. The summed E-state index contributed by atoms with van der Waals surface area (Å²) in [4.78, 5) is 14.4. The van der Waals surface area contributed by atoms with Gasteiger partial charge in [-0.2, -0.15) is 5.10 Å². The molecule has 7 nitrogen and oxygen atoms in total. The first kappa shape index (κ1) is 23.3. The summed E-state index contributed by atoms with van der Waals surface area (Å²) in [6, 6.07) is 26.0. The summed E-state index contributed by atoms with van der Waals surface area (Å²) >= 11 is 1.32. The van der Waals surface area contributed by atoms with Crippen molar-refractivity contribution in [1.29, 1.82) is 0 Å². The maximum absolute atomic E-state index is 12.4. The van der Waals surface area contributed by atoms with Crippen molar-refractivity contribution >= 4 is 29.6 Å². The zero-order valence-corrected chi connectivity index (χ0v) is 20.2. The van der Waals surface area contributed by atoms with E-state index in [2.05, 4.69) is 20.7 Å². The van der Waals surface area contributed by atoms with Crippen LogP contribution in [-0.4, -0.2) is 46.7 Å². The highest BCUT2D eigenvalue weighted by atomic mass is 32.2. The molecule has 0 aliphatic rings. The van der Waals surface area contributed by atoms with E-state index in [4.69, 9.17) is 0 Å². The predicted octanol–water partition coefficient (Wildman–Crippen LogP) is 4.55. The topological polar surface area (TPSA) is 75.4 Å². The maximum Gasteiger partial charge on any atom is 0.250 e. The smallest absolute Gasteiger partial charge is 0.250 e. The number of benzene rings is 3. The van der Waals surface area contributed by atoms with E-state index in [0.29, 0.717) is 5.16 Å². The van der Waals surface area contributed by atoms with E-state index >= 15 is 0 Å². The fraction of sp³-hybridized carbons (Fsp3) is 0.154. The number of anilines is 1. The Morgan fingerprint density at radius 2 is 1.71 bits per heavy atom. The molecular formula is C26H26N6OS. The first-order valence-corrected chi connectivity index (χ1v) is 11.8. The van der Waals surface area contributed by atoms with Crippen LogP contribution >= 0.6 is 11.8 Å². The molecule has 0 fully saturated rings. The zero-order valence-electron chi connectivity index (χ0n) is 19.3. The number of hydrazone groups is 1. The van der Waals surface area contributed by atoms with Crippen LogP contribution in [0.15, 0.2) is 89.1 Å². The number of hydrogen-bond acceptors (Lipinski definition) is 6. The minimum absolute atomic E-state index is 0.162. The molecule has 3 aromatic carbocycles. The van der Waals surface area contributed by atoms with Gasteiger partial charge in [-0.15, -0.1) is 10.2 Å². The largest absolute Gasteiger partial charge is 0.378 e. The van der Waals surface area contributed by atoms with Crippen LogP contribution in [-0.2, 0) is 4.79 Å². The highest BCUT2D eigenvalue weighted by Gasteiger charge is 2.17. The van der Waals surface area contributed by atoms with Gasteiger partial charge in [0.25, 0.3) is 5.91 Å². The molecule has 1 N–H and O–H groups in total. The summed E-state index contributed by atoms with van der Waals surface area (Å²) in [5.74, 6) is 0.674. The van der Waals surface area contributed by atoms with E-state index in [9.17, 15) is 4.79 Å². The fourth-order valence-electron chi connectivity index (χ4n) is 3.26. The third-order valence-electron chi connectivity index (χ3n) is 5.10. The summed E-state index contributed by atoms with van der Waals surface area (Å²) in [6.07, 6.45) is 1.63. The number of hydrogen-bond donors (Lipinski definition) is 1. The van der Waals surface area contributed by atoms with E-state index in [1.54, 1.807) is 6.21 Å². The van der Waals surface area contributed by atoms with Crippen LogP contribution in [0.5, 0.6) is 0 Å². The molecule has 1 amide bonds. The SMILES string of the molecule is Cc1ccc(-n2c(SCC(=O)NN=Cc3ccc(N(C)C)cc3)nnc2-c2ccccc2)cc1. The van der Waals surface area contributed by atoms with Gasteiger partial charge in [0.15, 0.2) is 11.0 Å². The molecule has 0 atom stereocenters. The summed E-state index contributed by atoms with van der Waals surface area (Å²) < 4.78 is 1.97. The maximum atomic E-state index is 12.4. The van der Waals surface area contributed by atoms with Gasteiger partial charge in [0.1, 0.15) is 0 Å². The monoisotopic (exact) mass is 470 g/mol. The number of rotatable bonds is 8. The van der Waals surface area contributed by atoms with Crippen LogP contribution in [0.4, 0.5) is 5.69 Å². The fourth-order valence-corrected chi connectivity index (χ4v) is 4.01. The molecule has 4 aromatic rings. The van der Waals surface area contributed by atoms with Gasteiger partial charge < -0.3 is 4.90 Å².